The number of tetrazole rings is 1. The van der Waals surface area contributed by atoms with Crippen LogP contribution in [0.25, 0.3) is 11.1 Å². The van der Waals surface area contributed by atoms with Crippen molar-refractivity contribution in [3.05, 3.63) is 77.1 Å². The molecule has 13 heteroatoms. The predicted octanol–water partition coefficient (Wildman–Crippen LogP) is 4.91. The fraction of sp³-hybridized carbons (Fsp3) is 0.280. The Morgan fingerprint density at radius 2 is 2.03 bits per heavy atom. The van der Waals surface area contributed by atoms with E-state index in [-0.39, 0.29) is 45.6 Å². The van der Waals surface area contributed by atoms with E-state index in [2.05, 4.69) is 25.1 Å². The lowest BCUT2D eigenvalue weighted by Crippen LogP contribution is -2.20. The van der Waals surface area contributed by atoms with E-state index in [9.17, 15) is 8.42 Å². The first-order valence-corrected chi connectivity index (χ1v) is 13.7. The number of halogens is 2. The Bertz CT molecular complexity index is 1540. The molecule has 0 aliphatic carbocycles. The fourth-order valence-corrected chi connectivity index (χ4v) is 5.40. The lowest BCUT2D eigenvalue weighted by Gasteiger charge is -2.20. The Labute approximate surface area is 223 Å². The zero-order chi connectivity index (χ0) is 26.7. The van der Waals surface area contributed by atoms with Gasteiger partial charge in [-0.15, -0.1) is 15.0 Å². The summed E-state index contributed by atoms with van der Waals surface area (Å²) in [5.74, 6) is -1.14. The first kappa shape index (κ1) is 26.0. The molecule has 38 heavy (non-hydrogen) atoms. The molecule has 2 aromatic carbocycles. The van der Waals surface area contributed by atoms with Gasteiger partial charge in [0.05, 0.1) is 10.7 Å². The average molecular weight is 559 g/mol. The highest BCUT2D eigenvalue weighted by atomic mass is 35.5. The van der Waals surface area contributed by atoms with E-state index >= 15 is 4.39 Å². The second-order valence-electron chi connectivity index (χ2n) is 8.73. The van der Waals surface area contributed by atoms with Gasteiger partial charge in [0.2, 0.25) is 5.82 Å². The van der Waals surface area contributed by atoms with E-state index in [4.69, 9.17) is 21.1 Å². The van der Waals surface area contributed by atoms with Crippen LogP contribution in [0.5, 0.6) is 5.75 Å². The number of hydrogen-bond acceptors (Lipinski definition) is 8. The molecule has 4 aromatic rings. The second-order valence-corrected chi connectivity index (χ2v) is 10.8. The van der Waals surface area contributed by atoms with Crippen molar-refractivity contribution in [2.75, 3.05) is 11.3 Å². The normalized spacial score (nSPS) is 15.8. The molecule has 10 nitrogen and oxygen atoms in total. The van der Waals surface area contributed by atoms with Crippen LogP contribution in [0.2, 0.25) is 5.02 Å². The van der Waals surface area contributed by atoms with Crippen LogP contribution in [-0.4, -0.2) is 40.2 Å². The largest absolute Gasteiger partial charge is 0.481 e. The van der Waals surface area contributed by atoms with E-state index in [1.54, 1.807) is 37.3 Å². The zero-order valence-corrected chi connectivity index (χ0v) is 21.9. The number of nitrogens with one attached hydrogen (secondary N) is 1. The van der Waals surface area contributed by atoms with Gasteiger partial charge in [0.1, 0.15) is 4.90 Å². The van der Waals surface area contributed by atoms with Crippen molar-refractivity contribution in [1.82, 2.24) is 25.2 Å². The van der Waals surface area contributed by atoms with Gasteiger partial charge >= 0.3 is 0 Å². The average Bonchev–Trinajstić information content (AvgIpc) is 3.40. The van der Waals surface area contributed by atoms with Crippen molar-refractivity contribution in [1.29, 1.82) is 0 Å². The van der Waals surface area contributed by atoms with E-state index in [0.717, 1.165) is 19.3 Å². The van der Waals surface area contributed by atoms with E-state index < -0.39 is 15.8 Å². The lowest BCUT2D eigenvalue weighted by atomic mass is 10.0. The van der Waals surface area contributed by atoms with Crippen LogP contribution in [-0.2, 0) is 21.4 Å². The highest BCUT2D eigenvalue weighted by Crippen LogP contribution is 2.41. The summed E-state index contributed by atoms with van der Waals surface area (Å²) in [5, 5.41) is 12.2. The maximum absolute atomic E-state index is 16.0. The Morgan fingerprint density at radius 3 is 2.76 bits per heavy atom. The number of rotatable bonds is 8. The Hall–Kier alpha value is -3.61. The van der Waals surface area contributed by atoms with Gasteiger partial charge in [-0.05, 0) is 54.7 Å². The maximum Gasteiger partial charge on any atom is 0.263 e. The summed E-state index contributed by atoms with van der Waals surface area (Å²) >= 11 is 6.42. The number of nitrogens with zero attached hydrogens (tertiary/aromatic N) is 5. The first-order valence-electron chi connectivity index (χ1n) is 11.9. The molecule has 198 valence electrons. The molecule has 1 unspecified atom stereocenters. The van der Waals surface area contributed by atoms with Crippen LogP contribution in [0, 0.1) is 12.7 Å². The highest BCUT2D eigenvalue weighted by molar-refractivity contribution is 7.92. The molecule has 2 aromatic heterocycles. The first-order chi connectivity index (χ1) is 18.3. The number of benzene rings is 2. The molecule has 0 bridgehead atoms. The summed E-state index contributed by atoms with van der Waals surface area (Å²) in [6.07, 6.45) is 5.13. The number of anilines is 1. The van der Waals surface area contributed by atoms with Gasteiger partial charge in [-0.1, -0.05) is 41.9 Å². The second kappa shape index (κ2) is 11.0. The van der Waals surface area contributed by atoms with Crippen molar-refractivity contribution in [2.45, 2.75) is 43.9 Å². The topological polar surface area (TPSA) is 121 Å². The Kier molecular flexibility index (Phi) is 7.54. The third-order valence-electron chi connectivity index (χ3n) is 5.89. The predicted molar refractivity (Wildman–Crippen MR) is 138 cm³/mol. The molecular weight excluding hydrogens is 535 g/mol. The summed E-state index contributed by atoms with van der Waals surface area (Å²) < 4.78 is 56.0. The number of pyridine rings is 1. The van der Waals surface area contributed by atoms with Crippen molar-refractivity contribution >= 4 is 27.3 Å². The standard InChI is InChI=1S/C25H24ClFN6O4S/c1-16-11-18(14-28-13-16)38(34,35)31-24-19(17-7-3-2-4-8-17)12-20(26)25(23(24)27)37-15-21-29-32-33(30-21)22-9-5-6-10-36-22/h2-4,7-8,11-14,22,31H,5-6,9-10,15H2,1H3. The molecule has 1 saturated heterocycles. The SMILES string of the molecule is Cc1cncc(S(=O)(=O)Nc2c(-c3ccccc3)cc(Cl)c(OCc3nnn(C4CCCCO4)n3)c2F)c1. The van der Waals surface area contributed by atoms with Gasteiger partial charge in [0, 0.05) is 24.6 Å². The minimum Gasteiger partial charge on any atom is -0.481 e. The van der Waals surface area contributed by atoms with Gasteiger partial charge in [-0.25, -0.2) is 12.8 Å². The highest BCUT2D eigenvalue weighted by Gasteiger charge is 2.26. The van der Waals surface area contributed by atoms with Gasteiger partial charge in [0.25, 0.3) is 10.0 Å². The minimum atomic E-state index is -4.20. The van der Waals surface area contributed by atoms with Gasteiger partial charge < -0.3 is 9.47 Å². The zero-order valence-electron chi connectivity index (χ0n) is 20.3. The molecule has 1 fully saturated rings. The van der Waals surface area contributed by atoms with Crippen LogP contribution < -0.4 is 9.46 Å². The van der Waals surface area contributed by atoms with Crippen LogP contribution in [0.4, 0.5) is 10.1 Å². The number of sulfonamides is 1. The summed E-state index contributed by atoms with van der Waals surface area (Å²) in [4.78, 5) is 5.19. The third kappa shape index (κ3) is 5.62. The molecule has 1 atom stereocenters. The molecule has 0 radical (unpaired) electrons. The molecular formula is C25H24ClFN6O4S. The summed E-state index contributed by atoms with van der Waals surface area (Å²) in [6, 6.07) is 11.6. The monoisotopic (exact) mass is 558 g/mol. The van der Waals surface area contributed by atoms with Crippen LogP contribution in [0.15, 0.2) is 59.8 Å². The van der Waals surface area contributed by atoms with E-state index in [0.29, 0.717) is 17.7 Å². The van der Waals surface area contributed by atoms with E-state index in [1.165, 1.54) is 29.3 Å². The molecule has 1 aliphatic rings. The molecule has 5 rings (SSSR count). The molecule has 3 heterocycles. The molecule has 1 N–H and O–H groups in total. The summed E-state index contributed by atoms with van der Waals surface area (Å²) in [6.45, 7) is 2.08. The number of aryl methyl sites for hydroxylation is 1. The molecule has 1 aliphatic heterocycles. The lowest BCUT2D eigenvalue weighted by molar-refractivity contribution is -0.0491. The fourth-order valence-electron chi connectivity index (χ4n) is 4.02. The van der Waals surface area contributed by atoms with Gasteiger partial charge in [0.15, 0.2) is 24.4 Å². The van der Waals surface area contributed by atoms with Crippen LogP contribution >= 0.6 is 11.6 Å². The van der Waals surface area contributed by atoms with Crippen LogP contribution in [0.3, 0.4) is 0 Å². The minimum absolute atomic E-state index is 0.0514. The summed E-state index contributed by atoms with van der Waals surface area (Å²) in [7, 11) is -4.20. The van der Waals surface area contributed by atoms with Crippen LogP contribution in [0.1, 0.15) is 36.9 Å². The van der Waals surface area contributed by atoms with Crippen molar-refractivity contribution in [2.24, 2.45) is 0 Å². The molecule has 0 spiro atoms. The number of ether oxygens (including phenoxy) is 2. The smallest absolute Gasteiger partial charge is 0.263 e. The third-order valence-corrected chi connectivity index (χ3v) is 7.48. The Morgan fingerprint density at radius 1 is 1.21 bits per heavy atom. The quantitative estimate of drug-likeness (QED) is 0.323. The van der Waals surface area contributed by atoms with Crippen molar-refractivity contribution in [3.8, 4) is 16.9 Å². The number of hydrogen-bond donors (Lipinski definition) is 1. The van der Waals surface area contributed by atoms with E-state index in [1.807, 2.05) is 0 Å². The maximum atomic E-state index is 16.0. The Balaban J connectivity index is 1.47. The van der Waals surface area contributed by atoms with Crippen molar-refractivity contribution < 1.29 is 22.3 Å². The summed E-state index contributed by atoms with van der Waals surface area (Å²) in [5.41, 5.74) is 1.11. The molecule has 0 saturated carbocycles. The van der Waals surface area contributed by atoms with Gasteiger partial charge in [-0.2, -0.15) is 0 Å². The number of aromatic nitrogens is 5. The van der Waals surface area contributed by atoms with Crippen molar-refractivity contribution in [3.63, 3.8) is 0 Å². The van der Waals surface area contributed by atoms with Gasteiger partial charge in [-0.3, -0.25) is 9.71 Å². The molecule has 0 amide bonds.